The maximum Gasteiger partial charge on any atom is 0.237 e. The van der Waals surface area contributed by atoms with Crippen molar-refractivity contribution in [3.05, 3.63) is 59.9 Å². The lowest BCUT2D eigenvalue weighted by molar-refractivity contribution is -0.115. The van der Waals surface area contributed by atoms with Crippen molar-refractivity contribution >= 4 is 38.1 Å². The number of rotatable bonds is 7. The number of amides is 1. The molecule has 1 aromatic carbocycles. The van der Waals surface area contributed by atoms with Crippen molar-refractivity contribution in [2.75, 3.05) is 10.0 Å². The molecule has 3 aromatic rings. The van der Waals surface area contributed by atoms with E-state index in [-0.39, 0.29) is 17.6 Å². The van der Waals surface area contributed by atoms with Crippen LogP contribution in [-0.4, -0.2) is 29.5 Å². The molecular formula is C19H18N4O3S2. The van der Waals surface area contributed by atoms with E-state index < -0.39 is 10.0 Å². The fourth-order valence-corrected chi connectivity index (χ4v) is 4.97. The topological polar surface area (TPSA) is 101 Å². The Labute approximate surface area is 166 Å². The van der Waals surface area contributed by atoms with Crippen LogP contribution in [0.5, 0.6) is 0 Å². The van der Waals surface area contributed by atoms with Crippen molar-refractivity contribution < 1.29 is 13.2 Å². The maximum absolute atomic E-state index is 12.3. The molecule has 1 fully saturated rings. The number of nitrogens with zero attached hydrogens (tertiary/aromatic N) is 2. The summed E-state index contributed by atoms with van der Waals surface area (Å²) in [5, 5.41) is 4.51. The summed E-state index contributed by atoms with van der Waals surface area (Å²) >= 11 is 1.18. The van der Waals surface area contributed by atoms with Crippen LogP contribution in [0.3, 0.4) is 0 Å². The van der Waals surface area contributed by atoms with Crippen molar-refractivity contribution in [3.63, 3.8) is 0 Å². The van der Waals surface area contributed by atoms with E-state index in [1.807, 2.05) is 36.4 Å². The Kier molecular flexibility index (Phi) is 5.10. The van der Waals surface area contributed by atoms with Crippen molar-refractivity contribution in [2.45, 2.75) is 24.5 Å². The van der Waals surface area contributed by atoms with Crippen LogP contribution in [0.1, 0.15) is 18.5 Å². The van der Waals surface area contributed by atoms with E-state index >= 15 is 0 Å². The highest BCUT2D eigenvalue weighted by molar-refractivity contribution is 7.93. The molecular weight excluding hydrogens is 396 g/mol. The number of nitrogens with one attached hydrogen (secondary N) is 2. The Morgan fingerprint density at radius 1 is 1.14 bits per heavy atom. The summed E-state index contributed by atoms with van der Waals surface area (Å²) in [7, 11) is -3.34. The van der Waals surface area contributed by atoms with Gasteiger partial charge < -0.3 is 5.32 Å². The van der Waals surface area contributed by atoms with Crippen molar-refractivity contribution in [1.29, 1.82) is 0 Å². The zero-order valence-corrected chi connectivity index (χ0v) is 16.5. The van der Waals surface area contributed by atoms with E-state index in [1.165, 1.54) is 11.3 Å². The van der Waals surface area contributed by atoms with E-state index in [4.69, 9.17) is 0 Å². The second-order valence-corrected chi connectivity index (χ2v) is 9.35. The standard InChI is InChI=1S/C19H18N4O3S2/c24-18(10-16-12-27-19(22-16)23-28(25,26)17-7-8-17)21-15-5-3-13(4-6-15)14-2-1-9-20-11-14/h1-6,9,11-12,17H,7-8,10H2,(H,21,24)(H,22,23). The molecule has 2 heterocycles. The summed E-state index contributed by atoms with van der Waals surface area (Å²) in [5.41, 5.74) is 3.23. The smallest absolute Gasteiger partial charge is 0.237 e. The Morgan fingerprint density at radius 2 is 1.93 bits per heavy atom. The van der Waals surface area contributed by atoms with E-state index in [0.717, 1.165) is 11.1 Å². The second kappa shape index (κ2) is 7.69. The molecule has 4 rings (SSSR count). The lowest BCUT2D eigenvalue weighted by atomic mass is 10.1. The first-order valence-corrected chi connectivity index (χ1v) is 11.2. The molecule has 0 atom stereocenters. The van der Waals surface area contributed by atoms with Gasteiger partial charge in [-0.15, -0.1) is 11.3 Å². The molecule has 2 aromatic heterocycles. The summed E-state index contributed by atoms with van der Waals surface area (Å²) in [4.78, 5) is 20.6. The van der Waals surface area contributed by atoms with E-state index in [1.54, 1.807) is 17.8 Å². The predicted octanol–water partition coefficient (Wildman–Crippen LogP) is 3.29. The number of hydrogen-bond acceptors (Lipinski definition) is 6. The molecule has 9 heteroatoms. The van der Waals surface area contributed by atoms with Gasteiger partial charge in [0.05, 0.1) is 17.4 Å². The highest BCUT2D eigenvalue weighted by Gasteiger charge is 2.36. The van der Waals surface area contributed by atoms with Gasteiger partial charge in [0.25, 0.3) is 0 Å². The van der Waals surface area contributed by atoms with Crippen LogP contribution in [0.15, 0.2) is 54.2 Å². The number of carbonyl (C=O) groups excluding carboxylic acids is 1. The first-order valence-electron chi connectivity index (χ1n) is 8.76. The minimum absolute atomic E-state index is 0.0754. The van der Waals surface area contributed by atoms with Gasteiger partial charge in [-0.1, -0.05) is 18.2 Å². The molecule has 1 saturated carbocycles. The van der Waals surface area contributed by atoms with Gasteiger partial charge in [0.15, 0.2) is 5.13 Å². The molecule has 1 aliphatic rings. The third-order valence-corrected chi connectivity index (χ3v) is 7.01. The predicted molar refractivity (Wildman–Crippen MR) is 110 cm³/mol. The molecule has 1 aliphatic carbocycles. The zero-order valence-electron chi connectivity index (χ0n) is 14.8. The van der Waals surface area contributed by atoms with Gasteiger partial charge >= 0.3 is 0 Å². The van der Waals surface area contributed by atoms with Gasteiger partial charge in [0, 0.05) is 23.5 Å². The van der Waals surface area contributed by atoms with E-state index in [0.29, 0.717) is 29.4 Å². The third kappa shape index (κ3) is 4.55. The fourth-order valence-electron chi connectivity index (χ4n) is 2.67. The highest BCUT2D eigenvalue weighted by atomic mass is 32.2. The van der Waals surface area contributed by atoms with Crippen LogP contribution < -0.4 is 10.0 Å². The number of pyridine rings is 1. The van der Waals surface area contributed by atoms with Gasteiger partial charge in [-0.3, -0.25) is 14.5 Å². The van der Waals surface area contributed by atoms with E-state index in [9.17, 15) is 13.2 Å². The van der Waals surface area contributed by atoms with Gasteiger partial charge in [-0.05, 0) is 42.2 Å². The van der Waals surface area contributed by atoms with Gasteiger partial charge in [-0.2, -0.15) is 0 Å². The number of carbonyl (C=O) groups is 1. The molecule has 144 valence electrons. The van der Waals surface area contributed by atoms with Gasteiger partial charge in [0.2, 0.25) is 15.9 Å². The number of anilines is 2. The van der Waals surface area contributed by atoms with Crippen molar-refractivity contribution in [3.8, 4) is 11.1 Å². The average Bonchev–Trinajstić information content (AvgIpc) is 3.46. The number of thiazole rings is 1. The Bertz CT molecular complexity index is 1080. The first-order chi connectivity index (χ1) is 13.5. The number of aromatic nitrogens is 2. The van der Waals surface area contributed by atoms with Crippen LogP contribution in [0.2, 0.25) is 0 Å². The van der Waals surface area contributed by atoms with Crippen molar-refractivity contribution in [2.24, 2.45) is 0 Å². The normalized spacial score (nSPS) is 13.9. The molecule has 0 radical (unpaired) electrons. The number of sulfonamides is 1. The molecule has 0 aliphatic heterocycles. The number of hydrogen-bond donors (Lipinski definition) is 2. The maximum atomic E-state index is 12.3. The van der Waals surface area contributed by atoms with Gasteiger partial charge in [-0.25, -0.2) is 13.4 Å². The molecule has 0 unspecified atom stereocenters. The molecule has 0 saturated heterocycles. The minimum Gasteiger partial charge on any atom is -0.326 e. The van der Waals surface area contributed by atoms with Crippen molar-refractivity contribution in [1.82, 2.24) is 9.97 Å². The first kappa shape index (κ1) is 18.6. The zero-order chi connectivity index (χ0) is 19.6. The van der Waals surface area contributed by atoms with Crippen LogP contribution in [0.4, 0.5) is 10.8 Å². The molecule has 1 amide bonds. The van der Waals surface area contributed by atoms with Crippen LogP contribution in [-0.2, 0) is 21.2 Å². The molecule has 7 nitrogen and oxygen atoms in total. The molecule has 28 heavy (non-hydrogen) atoms. The number of benzene rings is 1. The monoisotopic (exact) mass is 414 g/mol. The van der Waals surface area contributed by atoms with Crippen LogP contribution >= 0.6 is 11.3 Å². The summed E-state index contributed by atoms with van der Waals surface area (Å²) < 4.78 is 26.4. The lowest BCUT2D eigenvalue weighted by Gasteiger charge is -2.06. The van der Waals surface area contributed by atoms with E-state index in [2.05, 4.69) is 20.0 Å². The highest BCUT2D eigenvalue weighted by Crippen LogP contribution is 2.30. The van der Waals surface area contributed by atoms with Crippen LogP contribution in [0.25, 0.3) is 11.1 Å². The van der Waals surface area contributed by atoms with Crippen LogP contribution in [0, 0.1) is 0 Å². The largest absolute Gasteiger partial charge is 0.326 e. The molecule has 0 spiro atoms. The summed E-state index contributed by atoms with van der Waals surface area (Å²) in [6.07, 6.45) is 4.96. The summed E-state index contributed by atoms with van der Waals surface area (Å²) in [6.45, 7) is 0. The summed E-state index contributed by atoms with van der Waals surface area (Å²) in [5.74, 6) is -0.212. The lowest BCUT2D eigenvalue weighted by Crippen LogP contribution is -2.17. The van der Waals surface area contributed by atoms with Gasteiger partial charge in [0.1, 0.15) is 0 Å². The Morgan fingerprint density at radius 3 is 2.61 bits per heavy atom. The minimum atomic E-state index is -3.34. The molecule has 0 bridgehead atoms. The Hall–Kier alpha value is -2.78. The SMILES string of the molecule is O=C(Cc1csc(NS(=O)(=O)C2CC2)n1)Nc1ccc(-c2cccnc2)cc1. The average molecular weight is 415 g/mol. The Balaban J connectivity index is 1.34. The third-order valence-electron chi connectivity index (χ3n) is 4.25. The molecule has 2 N–H and O–H groups in total. The quantitative estimate of drug-likeness (QED) is 0.618. The summed E-state index contributed by atoms with van der Waals surface area (Å²) in [6, 6.07) is 11.3. The fraction of sp³-hybridized carbons (Fsp3) is 0.211. The second-order valence-electron chi connectivity index (χ2n) is 6.53.